The molecular weight excluding hydrogens is 130 g/mol. The van der Waals surface area contributed by atoms with Crippen LogP contribution in [0, 0.1) is 0 Å². The summed E-state index contributed by atoms with van der Waals surface area (Å²) in [5.74, 6) is 0.0488. The average Bonchev–Trinajstić information content (AvgIpc) is 1.98. The van der Waals surface area contributed by atoms with Crippen molar-refractivity contribution >= 4 is 5.91 Å². The van der Waals surface area contributed by atoms with Gasteiger partial charge in [0.25, 0.3) is 0 Å². The van der Waals surface area contributed by atoms with Gasteiger partial charge in [0.1, 0.15) is 0 Å². The molecule has 1 amide bonds. The molecule has 0 unspecified atom stereocenters. The van der Waals surface area contributed by atoms with E-state index >= 15 is 0 Å². The highest BCUT2D eigenvalue weighted by Crippen LogP contribution is 1.89. The molecule has 0 atom stereocenters. The molecule has 10 heavy (non-hydrogen) atoms. The number of nitrogens with one attached hydrogen (secondary N) is 1. The molecule has 0 aliphatic rings. The summed E-state index contributed by atoms with van der Waals surface area (Å²) in [5, 5.41) is 2.52. The van der Waals surface area contributed by atoms with Crippen molar-refractivity contribution in [2.45, 2.75) is 12.8 Å². The molecule has 58 valence electrons. The topological polar surface area (TPSA) is 38.3 Å². The van der Waals surface area contributed by atoms with Gasteiger partial charge in [0, 0.05) is 13.5 Å². The molecule has 0 radical (unpaired) electrons. The third-order valence-corrected chi connectivity index (χ3v) is 1.06. The van der Waals surface area contributed by atoms with Crippen molar-refractivity contribution in [1.29, 1.82) is 0 Å². The largest absolute Gasteiger partial charge is 0.502 e. The summed E-state index contributed by atoms with van der Waals surface area (Å²) in [6.45, 7) is 3.94. The van der Waals surface area contributed by atoms with Crippen LogP contribution >= 0.6 is 0 Å². The summed E-state index contributed by atoms with van der Waals surface area (Å²) in [6.07, 6.45) is 2.64. The number of rotatable bonds is 5. The van der Waals surface area contributed by atoms with Gasteiger partial charge >= 0.3 is 0 Å². The van der Waals surface area contributed by atoms with Gasteiger partial charge in [-0.15, -0.1) is 0 Å². The van der Waals surface area contributed by atoms with Crippen LogP contribution in [0.4, 0.5) is 0 Å². The lowest BCUT2D eigenvalue weighted by Crippen LogP contribution is -2.17. The molecule has 0 spiro atoms. The van der Waals surface area contributed by atoms with Crippen LogP contribution in [0.2, 0.25) is 0 Å². The van der Waals surface area contributed by atoms with E-state index < -0.39 is 0 Å². The molecule has 0 aliphatic carbocycles. The number of amides is 1. The van der Waals surface area contributed by atoms with Gasteiger partial charge < -0.3 is 10.1 Å². The van der Waals surface area contributed by atoms with Gasteiger partial charge in [0.05, 0.1) is 12.9 Å². The van der Waals surface area contributed by atoms with Gasteiger partial charge in [-0.1, -0.05) is 6.58 Å². The minimum atomic E-state index is 0.0488. The van der Waals surface area contributed by atoms with Gasteiger partial charge in [0.2, 0.25) is 5.91 Å². The molecular formula is C7H13NO2. The van der Waals surface area contributed by atoms with Crippen molar-refractivity contribution in [2.75, 3.05) is 13.7 Å². The van der Waals surface area contributed by atoms with Gasteiger partial charge in [-0.05, 0) is 6.42 Å². The van der Waals surface area contributed by atoms with E-state index in [2.05, 4.69) is 11.9 Å². The quantitative estimate of drug-likeness (QED) is 0.454. The molecule has 0 aromatic heterocycles. The van der Waals surface area contributed by atoms with Crippen LogP contribution in [-0.4, -0.2) is 19.6 Å². The summed E-state index contributed by atoms with van der Waals surface area (Å²) in [5.41, 5.74) is 0. The van der Waals surface area contributed by atoms with E-state index in [0.29, 0.717) is 13.0 Å². The van der Waals surface area contributed by atoms with Crippen molar-refractivity contribution in [3.05, 3.63) is 12.8 Å². The number of carbonyl (C=O) groups excluding carboxylic acids is 1. The second-order valence-corrected chi connectivity index (χ2v) is 1.81. The van der Waals surface area contributed by atoms with E-state index in [1.165, 1.54) is 6.26 Å². The van der Waals surface area contributed by atoms with E-state index in [-0.39, 0.29) is 5.91 Å². The first-order valence-corrected chi connectivity index (χ1v) is 3.24. The normalized spacial score (nSPS) is 8.50. The Labute approximate surface area is 61.1 Å². The maximum Gasteiger partial charge on any atom is 0.219 e. The first-order chi connectivity index (χ1) is 4.81. The predicted molar refractivity (Wildman–Crippen MR) is 39.4 cm³/mol. The Bertz CT molecular complexity index is 112. The van der Waals surface area contributed by atoms with Crippen LogP contribution in [0.3, 0.4) is 0 Å². The second-order valence-electron chi connectivity index (χ2n) is 1.81. The van der Waals surface area contributed by atoms with Crippen LogP contribution in [-0.2, 0) is 9.53 Å². The minimum absolute atomic E-state index is 0.0488. The summed E-state index contributed by atoms with van der Waals surface area (Å²) in [4.78, 5) is 10.6. The van der Waals surface area contributed by atoms with Crippen LogP contribution in [0.25, 0.3) is 0 Å². The third kappa shape index (κ3) is 5.15. The maximum atomic E-state index is 10.6. The summed E-state index contributed by atoms with van der Waals surface area (Å²) < 4.78 is 4.81. The molecule has 0 saturated heterocycles. The zero-order chi connectivity index (χ0) is 7.82. The Balaban J connectivity index is 3.03. The molecule has 0 aromatic rings. The lowest BCUT2D eigenvalue weighted by molar-refractivity contribution is -0.120. The molecule has 1 N–H and O–H groups in total. The molecule has 0 rings (SSSR count). The zero-order valence-electron chi connectivity index (χ0n) is 6.22. The van der Waals surface area contributed by atoms with Crippen LogP contribution in [0.15, 0.2) is 12.8 Å². The standard InChI is InChI=1S/C7H13NO2/c1-3-10-6-4-5-7(9)8-2/h3H,1,4-6H2,2H3,(H,8,9). The smallest absolute Gasteiger partial charge is 0.219 e. The number of hydrogen-bond acceptors (Lipinski definition) is 2. The van der Waals surface area contributed by atoms with Crippen LogP contribution in [0.5, 0.6) is 0 Å². The van der Waals surface area contributed by atoms with Crippen molar-refractivity contribution in [1.82, 2.24) is 5.32 Å². The Morgan fingerprint density at radius 2 is 2.50 bits per heavy atom. The van der Waals surface area contributed by atoms with E-state index in [9.17, 15) is 4.79 Å². The molecule has 0 fully saturated rings. The van der Waals surface area contributed by atoms with E-state index in [0.717, 1.165) is 6.42 Å². The Kier molecular flexibility index (Phi) is 5.53. The molecule has 0 bridgehead atoms. The zero-order valence-corrected chi connectivity index (χ0v) is 6.22. The van der Waals surface area contributed by atoms with E-state index in [1.54, 1.807) is 7.05 Å². The van der Waals surface area contributed by atoms with Crippen LogP contribution in [0.1, 0.15) is 12.8 Å². The monoisotopic (exact) mass is 143 g/mol. The summed E-state index contributed by atoms with van der Waals surface area (Å²) in [6, 6.07) is 0. The Hall–Kier alpha value is -0.990. The lowest BCUT2D eigenvalue weighted by atomic mass is 10.3. The highest BCUT2D eigenvalue weighted by molar-refractivity contribution is 5.75. The van der Waals surface area contributed by atoms with Crippen LogP contribution < -0.4 is 5.32 Å². The fourth-order valence-electron chi connectivity index (χ4n) is 0.524. The van der Waals surface area contributed by atoms with E-state index in [4.69, 9.17) is 4.74 Å². The van der Waals surface area contributed by atoms with Crippen molar-refractivity contribution in [3.8, 4) is 0 Å². The van der Waals surface area contributed by atoms with Gasteiger partial charge in [-0.2, -0.15) is 0 Å². The molecule has 0 aliphatic heterocycles. The number of ether oxygens (including phenoxy) is 1. The SMILES string of the molecule is C=COCCCC(=O)NC. The molecule has 0 saturated carbocycles. The van der Waals surface area contributed by atoms with E-state index in [1.807, 2.05) is 0 Å². The first-order valence-electron chi connectivity index (χ1n) is 3.24. The molecule has 0 aromatic carbocycles. The van der Waals surface area contributed by atoms with Gasteiger partial charge in [-0.25, -0.2) is 0 Å². The fourth-order valence-corrected chi connectivity index (χ4v) is 0.524. The average molecular weight is 143 g/mol. The Morgan fingerprint density at radius 1 is 1.80 bits per heavy atom. The molecule has 3 heteroatoms. The number of hydrogen-bond donors (Lipinski definition) is 1. The van der Waals surface area contributed by atoms with Crippen molar-refractivity contribution < 1.29 is 9.53 Å². The first kappa shape index (κ1) is 9.01. The second kappa shape index (κ2) is 6.13. The highest BCUT2D eigenvalue weighted by Gasteiger charge is 1.95. The fraction of sp³-hybridized carbons (Fsp3) is 0.571. The van der Waals surface area contributed by atoms with Gasteiger partial charge in [-0.3, -0.25) is 4.79 Å². The van der Waals surface area contributed by atoms with Crippen molar-refractivity contribution in [2.24, 2.45) is 0 Å². The minimum Gasteiger partial charge on any atom is -0.502 e. The Morgan fingerprint density at radius 3 is 3.00 bits per heavy atom. The highest BCUT2D eigenvalue weighted by atomic mass is 16.5. The number of carbonyl (C=O) groups is 1. The molecule has 3 nitrogen and oxygen atoms in total. The summed E-state index contributed by atoms with van der Waals surface area (Å²) in [7, 11) is 1.62. The van der Waals surface area contributed by atoms with Gasteiger partial charge in [0.15, 0.2) is 0 Å². The van der Waals surface area contributed by atoms with Crippen molar-refractivity contribution in [3.63, 3.8) is 0 Å². The third-order valence-electron chi connectivity index (χ3n) is 1.06. The predicted octanol–water partition coefficient (Wildman–Crippen LogP) is 0.673. The lowest BCUT2D eigenvalue weighted by Gasteiger charge is -1.98. The maximum absolute atomic E-state index is 10.6. The summed E-state index contributed by atoms with van der Waals surface area (Å²) >= 11 is 0. The molecule has 0 heterocycles.